The predicted octanol–water partition coefficient (Wildman–Crippen LogP) is 8.03. The normalized spacial score (nSPS) is 26.3. The zero-order valence-electron chi connectivity index (χ0n) is 33.8. The largest absolute Gasteiger partial charge is 0.508 e. The van der Waals surface area contributed by atoms with Crippen molar-refractivity contribution in [3.8, 4) is 35.2 Å². The topological polar surface area (TPSA) is 92.0 Å². The van der Waals surface area contributed by atoms with E-state index in [0.29, 0.717) is 33.9 Å². The fraction of sp³-hybridized carbons (Fsp3) is 0.489. The molecular weight excluding hydrogens is 801 g/mol. The van der Waals surface area contributed by atoms with Crippen LogP contribution in [0.15, 0.2) is 42.1 Å². The number of hydrogen-bond donors (Lipinski definition) is 1. The Hall–Kier alpha value is -5.11. The first kappa shape index (κ1) is 40.0. The van der Waals surface area contributed by atoms with E-state index < -0.39 is 42.1 Å². The van der Waals surface area contributed by atoms with Gasteiger partial charge in [-0.2, -0.15) is 23.8 Å². The number of phenols is 1. The summed E-state index contributed by atoms with van der Waals surface area (Å²) in [4.78, 5) is 16.1. The van der Waals surface area contributed by atoms with Gasteiger partial charge in [-0.3, -0.25) is 9.58 Å². The molecule has 3 aromatic carbocycles. The molecule has 5 aromatic rings. The quantitative estimate of drug-likeness (QED) is 0.111. The van der Waals surface area contributed by atoms with Crippen LogP contribution in [0.2, 0.25) is 0 Å². The van der Waals surface area contributed by atoms with Crippen molar-refractivity contribution >= 4 is 38.4 Å². The molecule has 61 heavy (non-hydrogen) atoms. The van der Waals surface area contributed by atoms with Crippen LogP contribution in [0.1, 0.15) is 50.5 Å². The molecule has 0 spiro atoms. The first-order valence-corrected chi connectivity index (χ1v) is 20.8. The van der Waals surface area contributed by atoms with E-state index in [4.69, 9.17) is 26.0 Å². The third-order valence-corrected chi connectivity index (χ3v) is 13.9. The van der Waals surface area contributed by atoms with Crippen LogP contribution in [0, 0.1) is 35.3 Å². The van der Waals surface area contributed by atoms with Crippen molar-refractivity contribution < 1.29 is 40.9 Å². The molecule has 5 heterocycles. The molecule has 1 N–H and O–H groups in total. The van der Waals surface area contributed by atoms with E-state index in [-0.39, 0.29) is 95.0 Å². The maximum atomic E-state index is 17.9. The predicted molar refractivity (Wildman–Crippen MR) is 218 cm³/mol. The van der Waals surface area contributed by atoms with Gasteiger partial charge in [-0.15, -0.1) is 6.42 Å². The number of aromatic hydroxyl groups is 1. The molecule has 0 radical (unpaired) electrons. The molecule has 2 bridgehead atoms. The third kappa shape index (κ3) is 6.66. The molecule has 16 heteroatoms. The number of piperidine rings is 1. The van der Waals surface area contributed by atoms with Crippen LogP contribution in [-0.2, 0) is 11.8 Å². The third-order valence-electron chi connectivity index (χ3n) is 13.9. The molecule has 2 aromatic heterocycles. The number of aromatic nitrogens is 4. The monoisotopic (exact) mass is 845 g/mol. The van der Waals surface area contributed by atoms with Gasteiger partial charge in [0.05, 0.1) is 16.4 Å². The molecule has 2 aliphatic carbocycles. The van der Waals surface area contributed by atoms with Crippen molar-refractivity contribution in [1.82, 2.24) is 29.5 Å². The average Bonchev–Trinajstić information content (AvgIpc) is 3.39. The first-order valence-electron chi connectivity index (χ1n) is 20.8. The fourth-order valence-corrected chi connectivity index (χ4v) is 10.7. The minimum atomic E-state index is -3.09. The van der Waals surface area contributed by atoms with Crippen LogP contribution >= 0.6 is 0 Å². The molecule has 3 aliphatic heterocycles. The highest BCUT2D eigenvalue weighted by Gasteiger charge is 2.72. The van der Waals surface area contributed by atoms with E-state index in [9.17, 15) is 13.9 Å². The standard InChI is InChI=1S/C45H45F6N7O3/c1-4-31-34(46)8-5-26-15-30(59)16-32(35(26)31)36-38(47)40-37(33-19-55(2)54-39(33)36)42(58-27-6-7-28(58)18-57(17-27)29-13-24(14-29)20-60-3)53-43(52-40)61-23-44(21-45(44,50)51)22-56-11-9-25(10-12-56)41(48)49/h1,5,8,15-16,19,24,27-29,59H,6-7,9-14,17-18,20-23H2,2-3H3/t24?,27-,28+,29?,44-/m1/s1. The second-order valence-electron chi connectivity index (χ2n) is 17.7. The van der Waals surface area contributed by atoms with Gasteiger partial charge in [-0.25, -0.2) is 17.6 Å². The van der Waals surface area contributed by atoms with Crippen molar-refractivity contribution in [2.75, 3.05) is 57.9 Å². The SMILES string of the molecule is C#Cc1c(F)ccc2cc(O)cc(-c3c(F)c4nc(OC[C@]5(CN6CCC(=C(F)F)CC6)CC5(F)F)nc(N5[C@@H]6CC[C@H]5CN(C5CC(COC)C5)C6)c4c4cn(C)nc34)c12. The molecule has 5 fully saturated rings. The number of alkyl halides is 2. The molecule has 0 unspecified atom stereocenters. The first-order chi connectivity index (χ1) is 29.3. The van der Waals surface area contributed by atoms with Crippen LogP contribution in [0.4, 0.5) is 32.2 Å². The van der Waals surface area contributed by atoms with Crippen molar-refractivity contribution in [3.05, 3.63) is 59.3 Å². The van der Waals surface area contributed by atoms with Gasteiger partial charge in [0.1, 0.15) is 35.0 Å². The number of hydrogen-bond acceptors (Lipinski definition) is 9. The van der Waals surface area contributed by atoms with Crippen LogP contribution < -0.4 is 9.64 Å². The van der Waals surface area contributed by atoms with Crippen molar-refractivity contribution in [2.45, 2.75) is 69.0 Å². The summed E-state index contributed by atoms with van der Waals surface area (Å²) in [5.74, 6) is -1.54. The average molecular weight is 846 g/mol. The second kappa shape index (κ2) is 14.8. The number of aryl methyl sites for hydroxylation is 1. The van der Waals surface area contributed by atoms with Crippen molar-refractivity contribution in [1.29, 1.82) is 0 Å². The van der Waals surface area contributed by atoms with Gasteiger partial charge in [-0.1, -0.05) is 12.0 Å². The number of ether oxygens (including phenoxy) is 2. The lowest BCUT2D eigenvalue weighted by atomic mass is 9.79. The highest BCUT2D eigenvalue weighted by atomic mass is 19.3. The number of fused-ring (bicyclic) bond motifs is 6. The summed E-state index contributed by atoms with van der Waals surface area (Å²) in [7, 11) is 3.41. The smallest absolute Gasteiger partial charge is 0.319 e. The minimum absolute atomic E-state index is 0.00289. The number of benzene rings is 3. The van der Waals surface area contributed by atoms with Gasteiger partial charge >= 0.3 is 6.01 Å². The second-order valence-corrected chi connectivity index (χ2v) is 17.7. The number of phenolic OH excluding ortho intramolecular Hbond substituents is 1. The summed E-state index contributed by atoms with van der Waals surface area (Å²) in [6.07, 6.45) is 9.39. The number of piperazine rings is 1. The lowest BCUT2D eigenvalue weighted by molar-refractivity contribution is 0.0194. The zero-order valence-corrected chi connectivity index (χ0v) is 33.8. The van der Waals surface area contributed by atoms with Gasteiger partial charge < -0.3 is 24.4 Å². The molecule has 3 atom stereocenters. The van der Waals surface area contributed by atoms with E-state index in [2.05, 4.69) is 20.7 Å². The summed E-state index contributed by atoms with van der Waals surface area (Å²) in [6.45, 7) is 2.11. The summed E-state index contributed by atoms with van der Waals surface area (Å²) >= 11 is 0. The highest BCUT2D eigenvalue weighted by molar-refractivity contribution is 6.18. The van der Waals surface area contributed by atoms with Crippen LogP contribution in [0.3, 0.4) is 0 Å². The Morgan fingerprint density at radius 2 is 1.72 bits per heavy atom. The maximum absolute atomic E-state index is 17.9. The number of likely N-dealkylation sites (tertiary alicyclic amines) is 2. The van der Waals surface area contributed by atoms with Gasteiger partial charge in [0.2, 0.25) is 0 Å². The van der Waals surface area contributed by atoms with Gasteiger partial charge in [-0.05, 0) is 79.2 Å². The summed E-state index contributed by atoms with van der Waals surface area (Å²) in [6, 6.07) is 5.52. The van der Waals surface area contributed by atoms with E-state index >= 15 is 17.6 Å². The molecule has 2 saturated carbocycles. The summed E-state index contributed by atoms with van der Waals surface area (Å²) < 4.78 is 104. The van der Waals surface area contributed by atoms with Gasteiger partial charge in [0, 0.05) is 101 Å². The molecular formula is C45H45F6N7O3. The van der Waals surface area contributed by atoms with Gasteiger partial charge in [0.15, 0.2) is 5.82 Å². The van der Waals surface area contributed by atoms with Crippen LogP contribution in [-0.4, -0.2) is 112 Å². The fourth-order valence-electron chi connectivity index (χ4n) is 10.7. The Morgan fingerprint density at radius 1 is 1.00 bits per heavy atom. The molecule has 3 saturated heterocycles. The number of halogens is 6. The van der Waals surface area contributed by atoms with E-state index in [1.54, 1.807) is 25.3 Å². The lowest BCUT2D eigenvalue weighted by Crippen LogP contribution is -2.59. The van der Waals surface area contributed by atoms with Crippen LogP contribution in [0.25, 0.3) is 43.7 Å². The Kier molecular flexibility index (Phi) is 9.68. The van der Waals surface area contributed by atoms with Gasteiger partial charge in [0.25, 0.3) is 12.0 Å². The summed E-state index contributed by atoms with van der Waals surface area (Å²) in [5, 5.41) is 17.1. The molecule has 0 amide bonds. The molecule has 320 valence electrons. The Labute approximate surface area is 348 Å². The number of terminal acetylenes is 1. The Bertz CT molecular complexity index is 2650. The van der Waals surface area contributed by atoms with E-state index in [1.807, 2.05) is 0 Å². The maximum Gasteiger partial charge on any atom is 0.319 e. The highest BCUT2D eigenvalue weighted by Crippen LogP contribution is 2.61. The van der Waals surface area contributed by atoms with Crippen molar-refractivity contribution in [2.24, 2.45) is 18.4 Å². The number of nitrogens with zero attached hydrogens (tertiary/aromatic N) is 7. The minimum Gasteiger partial charge on any atom is -0.508 e. The van der Waals surface area contributed by atoms with Crippen LogP contribution in [0.5, 0.6) is 11.8 Å². The Balaban J connectivity index is 1.10. The number of methoxy groups -OCH3 is 1. The van der Waals surface area contributed by atoms with E-state index in [0.717, 1.165) is 45.4 Å². The molecule has 10 rings (SSSR count). The summed E-state index contributed by atoms with van der Waals surface area (Å²) in [5.41, 5.74) is -1.64. The number of anilines is 1. The Morgan fingerprint density at radius 3 is 2.38 bits per heavy atom. The van der Waals surface area contributed by atoms with Crippen molar-refractivity contribution in [3.63, 3.8) is 0 Å². The van der Waals surface area contributed by atoms with E-state index in [1.165, 1.54) is 28.9 Å². The lowest BCUT2D eigenvalue weighted by Gasteiger charge is -2.49. The molecule has 5 aliphatic rings. The zero-order chi connectivity index (χ0) is 42.5. The molecule has 10 nitrogen and oxygen atoms in total. The number of rotatable bonds is 10.